The van der Waals surface area contributed by atoms with Crippen LogP contribution in [0.25, 0.3) is 10.9 Å². The number of fused-ring (bicyclic) bond motifs is 1. The number of aromatic nitrogens is 1. The minimum Gasteiger partial charge on any atom is -0.396 e. The van der Waals surface area contributed by atoms with Crippen LogP contribution in [0.3, 0.4) is 0 Å². The molecule has 0 radical (unpaired) electrons. The summed E-state index contributed by atoms with van der Waals surface area (Å²) in [6.45, 7) is 4.20. The van der Waals surface area contributed by atoms with Crippen molar-refractivity contribution in [3.05, 3.63) is 42.1 Å². The summed E-state index contributed by atoms with van der Waals surface area (Å²) >= 11 is 0. The number of amides is 2. The molecule has 0 spiro atoms. The molecule has 1 fully saturated rings. The predicted molar refractivity (Wildman–Crippen MR) is 94.6 cm³/mol. The average molecular weight is 327 g/mol. The lowest BCUT2D eigenvalue weighted by Gasteiger charge is -2.40. The molecule has 0 unspecified atom stereocenters. The number of rotatable bonds is 4. The second-order valence-electron chi connectivity index (χ2n) is 6.65. The third-order valence-electron chi connectivity index (χ3n) is 5.34. The molecule has 24 heavy (non-hydrogen) atoms. The van der Waals surface area contributed by atoms with Gasteiger partial charge in [-0.1, -0.05) is 31.2 Å². The van der Waals surface area contributed by atoms with Crippen molar-refractivity contribution in [3.63, 3.8) is 0 Å². The maximum absolute atomic E-state index is 12.4. The highest BCUT2D eigenvalue weighted by atomic mass is 16.3. The molecule has 128 valence electrons. The number of urea groups is 1. The zero-order chi connectivity index (χ0) is 17.0. The van der Waals surface area contributed by atoms with Gasteiger partial charge in [-0.15, -0.1) is 0 Å². The summed E-state index contributed by atoms with van der Waals surface area (Å²) in [5, 5.41) is 13.7. The zero-order valence-electron chi connectivity index (χ0n) is 14.2. The molecule has 0 aliphatic carbocycles. The zero-order valence-corrected chi connectivity index (χ0v) is 14.2. The van der Waals surface area contributed by atoms with E-state index < -0.39 is 0 Å². The van der Waals surface area contributed by atoms with Gasteiger partial charge in [-0.25, -0.2) is 4.79 Å². The highest BCUT2D eigenvalue weighted by Crippen LogP contribution is 2.34. The van der Waals surface area contributed by atoms with Crippen LogP contribution in [0.2, 0.25) is 0 Å². The molecule has 5 heteroatoms. The third kappa shape index (κ3) is 3.36. The van der Waals surface area contributed by atoms with Gasteiger partial charge in [0.1, 0.15) is 0 Å². The molecule has 2 aromatic rings. The summed E-state index contributed by atoms with van der Waals surface area (Å²) < 4.78 is 0. The van der Waals surface area contributed by atoms with Gasteiger partial charge in [0.2, 0.25) is 0 Å². The maximum Gasteiger partial charge on any atom is 0.317 e. The Morgan fingerprint density at radius 1 is 1.29 bits per heavy atom. The Labute approximate surface area is 142 Å². The van der Waals surface area contributed by atoms with E-state index in [4.69, 9.17) is 0 Å². The second kappa shape index (κ2) is 7.18. The fourth-order valence-electron chi connectivity index (χ4n) is 3.40. The van der Waals surface area contributed by atoms with Gasteiger partial charge in [-0.05, 0) is 36.3 Å². The second-order valence-corrected chi connectivity index (χ2v) is 6.65. The fraction of sp³-hybridized carbons (Fsp3) is 0.474. The molecular formula is C19H25N3O2. The lowest BCUT2D eigenvalue weighted by molar-refractivity contribution is 0.0519. The lowest BCUT2D eigenvalue weighted by Crippen LogP contribution is -2.48. The molecule has 1 aromatic heterocycles. The van der Waals surface area contributed by atoms with Gasteiger partial charge >= 0.3 is 6.03 Å². The molecule has 1 saturated heterocycles. The number of piperidine rings is 1. The minimum absolute atomic E-state index is 0.00364. The quantitative estimate of drug-likeness (QED) is 0.907. The van der Waals surface area contributed by atoms with Gasteiger partial charge in [0.25, 0.3) is 0 Å². The van der Waals surface area contributed by atoms with E-state index in [1.54, 1.807) is 6.20 Å². The van der Waals surface area contributed by atoms with Crippen LogP contribution in [-0.4, -0.2) is 40.7 Å². The summed E-state index contributed by atoms with van der Waals surface area (Å²) in [4.78, 5) is 18.7. The molecule has 2 heterocycles. The largest absolute Gasteiger partial charge is 0.396 e. The van der Waals surface area contributed by atoms with Crippen LogP contribution in [0.1, 0.15) is 31.7 Å². The fourth-order valence-corrected chi connectivity index (χ4v) is 3.40. The van der Waals surface area contributed by atoms with E-state index in [-0.39, 0.29) is 18.1 Å². The summed E-state index contributed by atoms with van der Waals surface area (Å²) in [5.41, 5.74) is 1.96. The highest BCUT2D eigenvalue weighted by molar-refractivity contribution is 5.82. The van der Waals surface area contributed by atoms with Crippen LogP contribution in [0.5, 0.6) is 0 Å². The van der Waals surface area contributed by atoms with Gasteiger partial charge in [0, 0.05) is 37.8 Å². The van der Waals surface area contributed by atoms with E-state index in [9.17, 15) is 9.90 Å². The number of likely N-dealkylation sites (tertiary alicyclic amines) is 1. The maximum atomic E-state index is 12.4. The number of para-hydroxylation sites is 1. The molecule has 0 bridgehead atoms. The average Bonchev–Trinajstić information content (AvgIpc) is 2.66. The molecular weight excluding hydrogens is 302 g/mol. The normalized spacial score (nSPS) is 17.0. The number of benzene rings is 1. The number of hydrogen-bond donors (Lipinski definition) is 2. The molecule has 2 N–H and O–H groups in total. The number of hydrogen-bond acceptors (Lipinski definition) is 3. The molecule has 1 aliphatic heterocycles. The first-order valence-electron chi connectivity index (χ1n) is 8.64. The Morgan fingerprint density at radius 2 is 2.04 bits per heavy atom. The number of nitrogens with one attached hydrogen (secondary N) is 1. The predicted octanol–water partition coefficient (Wildman–Crippen LogP) is 2.93. The lowest BCUT2D eigenvalue weighted by atomic mass is 9.77. The van der Waals surface area contributed by atoms with Crippen molar-refractivity contribution in [2.75, 3.05) is 19.7 Å². The van der Waals surface area contributed by atoms with E-state index in [0.29, 0.717) is 19.6 Å². The molecule has 1 aliphatic rings. The van der Waals surface area contributed by atoms with Gasteiger partial charge in [0.05, 0.1) is 5.52 Å². The smallest absolute Gasteiger partial charge is 0.317 e. The van der Waals surface area contributed by atoms with Crippen molar-refractivity contribution in [1.29, 1.82) is 0 Å². The van der Waals surface area contributed by atoms with E-state index in [1.165, 1.54) is 0 Å². The number of nitrogens with zero attached hydrogens (tertiary/aromatic N) is 2. The van der Waals surface area contributed by atoms with Crippen LogP contribution >= 0.6 is 0 Å². The first-order chi connectivity index (χ1) is 11.7. The molecule has 2 amide bonds. The highest BCUT2D eigenvalue weighted by Gasteiger charge is 2.33. The van der Waals surface area contributed by atoms with Crippen LogP contribution in [0, 0.1) is 5.41 Å². The Hall–Kier alpha value is -2.14. The van der Waals surface area contributed by atoms with Gasteiger partial charge < -0.3 is 15.3 Å². The summed E-state index contributed by atoms with van der Waals surface area (Å²) in [5.74, 6) is 0. The third-order valence-corrected chi connectivity index (χ3v) is 5.34. The molecule has 5 nitrogen and oxygen atoms in total. The first kappa shape index (κ1) is 16.7. The number of carbonyl (C=O) groups is 1. The molecule has 3 rings (SSSR count). The van der Waals surface area contributed by atoms with E-state index >= 15 is 0 Å². The van der Waals surface area contributed by atoms with Crippen molar-refractivity contribution >= 4 is 16.9 Å². The number of pyridine rings is 1. The summed E-state index contributed by atoms with van der Waals surface area (Å²) in [7, 11) is 0. The van der Waals surface area contributed by atoms with Crippen molar-refractivity contribution in [2.45, 2.75) is 32.7 Å². The van der Waals surface area contributed by atoms with Crippen LogP contribution in [0.4, 0.5) is 4.79 Å². The number of aliphatic hydroxyl groups is 1. The van der Waals surface area contributed by atoms with E-state index in [2.05, 4.69) is 17.2 Å². The minimum atomic E-state index is -0.0365. The Bertz CT molecular complexity index is 697. The van der Waals surface area contributed by atoms with Crippen molar-refractivity contribution < 1.29 is 9.90 Å². The van der Waals surface area contributed by atoms with Crippen LogP contribution in [0.15, 0.2) is 36.5 Å². The van der Waals surface area contributed by atoms with E-state index in [1.807, 2.05) is 35.2 Å². The van der Waals surface area contributed by atoms with Crippen molar-refractivity contribution in [2.24, 2.45) is 5.41 Å². The first-order valence-corrected chi connectivity index (χ1v) is 8.64. The van der Waals surface area contributed by atoms with Crippen molar-refractivity contribution in [1.82, 2.24) is 15.2 Å². The Morgan fingerprint density at radius 3 is 2.75 bits per heavy atom. The van der Waals surface area contributed by atoms with Gasteiger partial charge in [0.15, 0.2) is 0 Å². The number of carbonyl (C=O) groups excluding carboxylic acids is 1. The Balaban J connectivity index is 1.60. The molecule has 0 saturated carbocycles. The summed E-state index contributed by atoms with van der Waals surface area (Å²) in [6.07, 6.45) is 4.46. The summed E-state index contributed by atoms with van der Waals surface area (Å²) in [6, 6.07) is 9.92. The van der Waals surface area contributed by atoms with Crippen molar-refractivity contribution in [3.8, 4) is 0 Å². The van der Waals surface area contributed by atoms with Crippen LogP contribution < -0.4 is 5.32 Å². The Kier molecular flexibility index (Phi) is 5.00. The van der Waals surface area contributed by atoms with Crippen LogP contribution in [-0.2, 0) is 6.54 Å². The van der Waals surface area contributed by atoms with E-state index in [0.717, 1.165) is 35.7 Å². The molecule has 0 atom stereocenters. The number of aliphatic hydroxyl groups excluding tert-OH is 1. The SMILES string of the molecule is CCC1(CO)CCN(C(=O)NCc2cccc3cccnc23)CC1. The molecule has 1 aromatic carbocycles. The van der Waals surface area contributed by atoms with Gasteiger partial charge in [-0.3, -0.25) is 4.98 Å². The van der Waals surface area contributed by atoms with Gasteiger partial charge in [-0.2, -0.15) is 0 Å². The monoisotopic (exact) mass is 327 g/mol. The standard InChI is InChI=1S/C19H25N3O2/c1-2-19(14-23)8-11-22(12-9-19)18(24)21-13-16-6-3-5-15-7-4-10-20-17(15)16/h3-7,10,23H,2,8-9,11-14H2,1H3,(H,21,24). The topological polar surface area (TPSA) is 65.5 Å².